The second-order valence-electron chi connectivity index (χ2n) is 4.51. The number of rotatable bonds is 6. The number of hydrogen-bond acceptors (Lipinski definition) is 3. The summed E-state index contributed by atoms with van der Waals surface area (Å²) >= 11 is 0. The maximum Gasteiger partial charge on any atom is 0.332 e. The number of carbonyl (C=O) groups excluding carboxylic acids is 1. The molecule has 6 nitrogen and oxygen atoms in total. The zero-order valence-electron chi connectivity index (χ0n) is 10.0. The molecule has 1 atom stereocenters. The normalized spacial score (nSPS) is 18.9. The molecule has 17 heavy (non-hydrogen) atoms. The smallest absolute Gasteiger partial charge is 0.332 e. The minimum Gasteiger partial charge on any atom is -0.479 e. The molecule has 0 spiro atoms. The molecule has 1 unspecified atom stereocenters. The van der Waals surface area contributed by atoms with Crippen LogP contribution in [0.25, 0.3) is 0 Å². The topological polar surface area (TPSA) is 98.7 Å². The predicted molar refractivity (Wildman–Crippen MR) is 61.7 cm³/mol. The molecule has 0 bridgehead atoms. The van der Waals surface area contributed by atoms with E-state index in [2.05, 4.69) is 10.6 Å². The number of carboxylic acids is 1. The number of carbonyl (C=O) groups is 2. The van der Waals surface area contributed by atoms with Crippen molar-refractivity contribution in [3.8, 4) is 0 Å². The van der Waals surface area contributed by atoms with Gasteiger partial charge in [0.1, 0.15) is 0 Å². The van der Waals surface area contributed by atoms with Crippen molar-refractivity contribution >= 4 is 12.0 Å². The van der Waals surface area contributed by atoms with E-state index < -0.39 is 12.1 Å². The molecule has 0 aromatic carbocycles. The van der Waals surface area contributed by atoms with Crippen molar-refractivity contribution < 1.29 is 19.8 Å². The summed E-state index contributed by atoms with van der Waals surface area (Å²) in [6, 6.07) is -0.288. The van der Waals surface area contributed by atoms with Gasteiger partial charge in [-0.25, -0.2) is 9.59 Å². The van der Waals surface area contributed by atoms with Gasteiger partial charge >= 0.3 is 12.0 Å². The Bertz CT molecular complexity index is 284. The lowest BCUT2D eigenvalue weighted by molar-refractivity contribution is -0.146. The van der Waals surface area contributed by atoms with Gasteiger partial charge in [0.05, 0.1) is 0 Å². The van der Waals surface area contributed by atoms with Crippen LogP contribution in [-0.4, -0.2) is 40.4 Å². The third kappa shape index (κ3) is 3.89. The number of aliphatic carboxylic acids is 1. The Morgan fingerprint density at radius 3 is 2.47 bits per heavy atom. The van der Waals surface area contributed by atoms with E-state index in [0.29, 0.717) is 0 Å². The van der Waals surface area contributed by atoms with Crippen molar-refractivity contribution in [3.63, 3.8) is 0 Å². The van der Waals surface area contributed by atoms with Crippen LogP contribution in [0.3, 0.4) is 0 Å². The molecule has 0 radical (unpaired) electrons. The summed E-state index contributed by atoms with van der Waals surface area (Å²) in [5.41, 5.74) is -0.0739. The van der Waals surface area contributed by atoms with Crippen LogP contribution in [0.2, 0.25) is 0 Å². The number of carboxylic acid groups (broad SMARTS) is 1. The molecule has 0 aromatic heterocycles. The second kappa shape index (κ2) is 5.86. The molecule has 1 fully saturated rings. The summed E-state index contributed by atoms with van der Waals surface area (Å²) in [5.74, 6) is -1.27. The van der Waals surface area contributed by atoms with Crippen LogP contribution in [-0.2, 0) is 4.79 Å². The Hall–Kier alpha value is -1.30. The van der Waals surface area contributed by atoms with Crippen LogP contribution in [0.1, 0.15) is 39.0 Å². The summed E-state index contributed by atoms with van der Waals surface area (Å²) in [6.07, 6.45) is 2.62. The average molecular weight is 244 g/mol. The SMILES string of the molecule is CCC1(NC(=O)NCCC(O)C(=O)O)CCC1. The molecule has 0 saturated heterocycles. The molecule has 98 valence electrons. The Balaban J connectivity index is 2.19. The number of amides is 2. The number of nitrogens with one attached hydrogen (secondary N) is 2. The number of urea groups is 1. The fourth-order valence-electron chi connectivity index (χ4n) is 1.90. The standard InChI is InChI=1S/C11H20N2O4/c1-2-11(5-3-6-11)13-10(17)12-7-4-8(14)9(15)16/h8,14H,2-7H2,1H3,(H,15,16)(H2,12,13,17). The van der Waals surface area contributed by atoms with Gasteiger partial charge in [-0.15, -0.1) is 0 Å². The van der Waals surface area contributed by atoms with Gasteiger partial charge in [-0.05, 0) is 25.7 Å². The highest BCUT2D eigenvalue weighted by atomic mass is 16.4. The molecular weight excluding hydrogens is 224 g/mol. The second-order valence-corrected chi connectivity index (χ2v) is 4.51. The highest BCUT2D eigenvalue weighted by Gasteiger charge is 2.36. The largest absolute Gasteiger partial charge is 0.479 e. The quantitative estimate of drug-likeness (QED) is 0.545. The maximum atomic E-state index is 11.5. The maximum absolute atomic E-state index is 11.5. The van der Waals surface area contributed by atoms with E-state index in [4.69, 9.17) is 10.2 Å². The van der Waals surface area contributed by atoms with Crippen molar-refractivity contribution in [2.45, 2.75) is 50.7 Å². The molecule has 0 aromatic rings. The zero-order valence-corrected chi connectivity index (χ0v) is 10.0. The van der Waals surface area contributed by atoms with Gasteiger partial charge in [-0.2, -0.15) is 0 Å². The molecule has 1 aliphatic rings. The Kier molecular flexibility index (Phi) is 4.74. The molecule has 0 heterocycles. The first-order valence-electron chi connectivity index (χ1n) is 5.96. The van der Waals surface area contributed by atoms with E-state index in [1.54, 1.807) is 0 Å². The van der Waals surface area contributed by atoms with Gasteiger partial charge in [0, 0.05) is 18.5 Å². The van der Waals surface area contributed by atoms with Gasteiger partial charge in [0.2, 0.25) is 0 Å². The van der Waals surface area contributed by atoms with Crippen molar-refractivity contribution in [2.24, 2.45) is 0 Å². The first-order valence-corrected chi connectivity index (χ1v) is 5.96. The molecule has 0 aliphatic heterocycles. The van der Waals surface area contributed by atoms with Gasteiger partial charge in [-0.1, -0.05) is 6.92 Å². The van der Waals surface area contributed by atoms with Crippen LogP contribution < -0.4 is 10.6 Å². The van der Waals surface area contributed by atoms with Crippen LogP contribution in [0.4, 0.5) is 4.79 Å². The third-order valence-corrected chi connectivity index (χ3v) is 3.35. The van der Waals surface area contributed by atoms with Gasteiger partial charge in [-0.3, -0.25) is 0 Å². The van der Waals surface area contributed by atoms with Crippen molar-refractivity contribution in [1.29, 1.82) is 0 Å². The summed E-state index contributed by atoms with van der Waals surface area (Å²) in [6.45, 7) is 2.19. The van der Waals surface area contributed by atoms with E-state index in [-0.39, 0.29) is 24.5 Å². The van der Waals surface area contributed by atoms with E-state index in [1.807, 2.05) is 6.92 Å². The highest BCUT2D eigenvalue weighted by Crippen LogP contribution is 2.34. The lowest BCUT2D eigenvalue weighted by Crippen LogP contribution is -2.56. The molecule has 4 N–H and O–H groups in total. The van der Waals surface area contributed by atoms with Crippen molar-refractivity contribution in [2.75, 3.05) is 6.54 Å². The van der Waals surface area contributed by atoms with E-state index in [9.17, 15) is 9.59 Å². The Labute approximate surface area is 100 Å². The van der Waals surface area contributed by atoms with Crippen molar-refractivity contribution in [1.82, 2.24) is 10.6 Å². The monoisotopic (exact) mass is 244 g/mol. The number of aliphatic hydroxyl groups excluding tert-OH is 1. The van der Waals surface area contributed by atoms with Gasteiger partial charge < -0.3 is 20.8 Å². The summed E-state index contributed by atoms with van der Waals surface area (Å²) in [4.78, 5) is 21.8. The summed E-state index contributed by atoms with van der Waals surface area (Å²) in [5, 5.41) is 22.9. The lowest BCUT2D eigenvalue weighted by atomic mass is 9.75. The van der Waals surface area contributed by atoms with Crippen molar-refractivity contribution in [3.05, 3.63) is 0 Å². The fraction of sp³-hybridized carbons (Fsp3) is 0.818. The van der Waals surface area contributed by atoms with E-state index >= 15 is 0 Å². The van der Waals surface area contributed by atoms with Crippen LogP contribution in [0.5, 0.6) is 0 Å². The first-order chi connectivity index (χ1) is 7.99. The predicted octanol–water partition coefficient (Wildman–Crippen LogP) is 0.454. The molecular formula is C11H20N2O4. The third-order valence-electron chi connectivity index (χ3n) is 3.35. The average Bonchev–Trinajstić information content (AvgIpc) is 2.23. The van der Waals surface area contributed by atoms with Crippen LogP contribution in [0.15, 0.2) is 0 Å². The Morgan fingerprint density at radius 2 is 2.06 bits per heavy atom. The summed E-state index contributed by atoms with van der Waals surface area (Å²) in [7, 11) is 0. The minimum atomic E-state index is -1.42. The number of aliphatic hydroxyl groups is 1. The van der Waals surface area contributed by atoms with E-state index in [0.717, 1.165) is 25.7 Å². The van der Waals surface area contributed by atoms with Crippen LogP contribution >= 0.6 is 0 Å². The number of hydrogen-bond donors (Lipinski definition) is 4. The zero-order chi connectivity index (χ0) is 12.9. The highest BCUT2D eigenvalue weighted by molar-refractivity contribution is 5.75. The van der Waals surface area contributed by atoms with Crippen LogP contribution in [0, 0.1) is 0 Å². The molecule has 1 saturated carbocycles. The molecule has 6 heteroatoms. The van der Waals surface area contributed by atoms with E-state index in [1.165, 1.54) is 0 Å². The summed E-state index contributed by atoms with van der Waals surface area (Å²) < 4.78 is 0. The molecule has 1 aliphatic carbocycles. The molecule has 1 rings (SSSR count). The first kappa shape index (κ1) is 13.8. The fourth-order valence-corrected chi connectivity index (χ4v) is 1.90. The lowest BCUT2D eigenvalue weighted by Gasteiger charge is -2.41. The molecule has 2 amide bonds. The minimum absolute atomic E-state index is 0.0158. The van der Waals surface area contributed by atoms with Gasteiger partial charge in [0.15, 0.2) is 6.10 Å². The Morgan fingerprint density at radius 1 is 1.41 bits per heavy atom. The van der Waals surface area contributed by atoms with Gasteiger partial charge in [0.25, 0.3) is 0 Å².